The van der Waals surface area contributed by atoms with Gasteiger partial charge in [0.15, 0.2) is 5.11 Å². The van der Waals surface area contributed by atoms with Crippen LogP contribution in [0.3, 0.4) is 0 Å². The van der Waals surface area contributed by atoms with E-state index in [1.54, 1.807) is 0 Å². The van der Waals surface area contributed by atoms with Gasteiger partial charge in [0.05, 0.1) is 6.61 Å². The molecular weight excluding hydrogens is 234 g/mol. The lowest BCUT2D eigenvalue weighted by Crippen LogP contribution is -2.36. The SMILES string of the molecule is OCCNC(=S)NCc1c(F)cccc1F. The van der Waals surface area contributed by atoms with Gasteiger partial charge in [-0.3, -0.25) is 0 Å². The summed E-state index contributed by atoms with van der Waals surface area (Å²) in [6.45, 7) is 0.206. The highest BCUT2D eigenvalue weighted by atomic mass is 32.1. The fourth-order valence-electron chi connectivity index (χ4n) is 1.10. The molecule has 0 bridgehead atoms. The van der Waals surface area contributed by atoms with Gasteiger partial charge in [0.25, 0.3) is 0 Å². The van der Waals surface area contributed by atoms with Gasteiger partial charge in [0.2, 0.25) is 0 Å². The van der Waals surface area contributed by atoms with Crippen LogP contribution < -0.4 is 10.6 Å². The summed E-state index contributed by atoms with van der Waals surface area (Å²) in [5.74, 6) is -1.23. The quantitative estimate of drug-likeness (QED) is 0.691. The van der Waals surface area contributed by atoms with Crippen molar-refractivity contribution in [3.63, 3.8) is 0 Å². The lowest BCUT2D eigenvalue weighted by Gasteiger charge is -2.10. The molecule has 3 N–H and O–H groups in total. The fraction of sp³-hybridized carbons (Fsp3) is 0.300. The molecule has 0 saturated carbocycles. The van der Waals surface area contributed by atoms with Gasteiger partial charge in [-0.25, -0.2) is 8.78 Å². The van der Waals surface area contributed by atoms with Crippen molar-refractivity contribution in [2.75, 3.05) is 13.2 Å². The van der Waals surface area contributed by atoms with E-state index in [0.717, 1.165) is 0 Å². The minimum atomic E-state index is -0.613. The van der Waals surface area contributed by atoms with Crippen LogP contribution in [0.2, 0.25) is 0 Å². The zero-order chi connectivity index (χ0) is 12.0. The molecular formula is C10H12F2N2OS. The molecule has 0 aliphatic heterocycles. The number of rotatable bonds is 4. The molecule has 1 aromatic carbocycles. The summed E-state index contributed by atoms with van der Waals surface area (Å²) in [6.07, 6.45) is 0. The number of hydrogen-bond acceptors (Lipinski definition) is 2. The van der Waals surface area contributed by atoms with Crippen molar-refractivity contribution in [2.45, 2.75) is 6.54 Å². The van der Waals surface area contributed by atoms with Gasteiger partial charge in [0, 0.05) is 18.7 Å². The minimum Gasteiger partial charge on any atom is -0.395 e. The van der Waals surface area contributed by atoms with Crippen LogP contribution in [0.5, 0.6) is 0 Å². The van der Waals surface area contributed by atoms with E-state index >= 15 is 0 Å². The van der Waals surface area contributed by atoms with E-state index in [1.165, 1.54) is 18.2 Å². The first kappa shape index (κ1) is 12.8. The van der Waals surface area contributed by atoms with Crippen LogP contribution in [0.1, 0.15) is 5.56 Å². The van der Waals surface area contributed by atoms with Gasteiger partial charge < -0.3 is 15.7 Å². The lowest BCUT2D eigenvalue weighted by atomic mass is 10.2. The average molecular weight is 246 g/mol. The number of benzene rings is 1. The Morgan fingerprint density at radius 2 is 1.88 bits per heavy atom. The smallest absolute Gasteiger partial charge is 0.166 e. The summed E-state index contributed by atoms with van der Waals surface area (Å²) >= 11 is 4.83. The van der Waals surface area contributed by atoms with Crippen molar-refractivity contribution >= 4 is 17.3 Å². The molecule has 0 aliphatic rings. The Morgan fingerprint density at radius 1 is 1.25 bits per heavy atom. The fourth-order valence-corrected chi connectivity index (χ4v) is 1.28. The first-order chi connectivity index (χ1) is 7.65. The molecule has 0 fully saturated rings. The van der Waals surface area contributed by atoms with E-state index in [2.05, 4.69) is 10.6 Å². The maximum absolute atomic E-state index is 13.2. The number of halogens is 2. The zero-order valence-corrected chi connectivity index (χ0v) is 9.28. The summed E-state index contributed by atoms with van der Waals surface area (Å²) in [5, 5.41) is 14.1. The molecule has 1 aromatic rings. The van der Waals surface area contributed by atoms with E-state index in [4.69, 9.17) is 17.3 Å². The van der Waals surface area contributed by atoms with E-state index in [9.17, 15) is 8.78 Å². The number of thiocarbonyl (C=S) groups is 1. The highest BCUT2D eigenvalue weighted by molar-refractivity contribution is 7.80. The Kier molecular flexibility index (Phi) is 5.07. The van der Waals surface area contributed by atoms with E-state index in [-0.39, 0.29) is 23.8 Å². The second-order valence-electron chi connectivity index (χ2n) is 3.03. The predicted molar refractivity (Wildman–Crippen MR) is 60.9 cm³/mol. The topological polar surface area (TPSA) is 44.3 Å². The third kappa shape index (κ3) is 3.71. The van der Waals surface area contributed by atoms with Crippen LogP contribution >= 0.6 is 12.2 Å². The summed E-state index contributed by atoms with van der Waals surface area (Å²) in [6, 6.07) is 3.67. The summed E-state index contributed by atoms with van der Waals surface area (Å²) in [4.78, 5) is 0. The molecule has 16 heavy (non-hydrogen) atoms. The number of aliphatic hydroxyl groups excluding tert-OH is 1. The second-order valence-corrected chi connectivity index (χ2v) is 3.44. The maximum Gasteiger partial charge on any atom is 0.166 e. The molecule has 0 heterocycles. The van der Waals surface area contributed by atoms with Crippen LogP contribution in [0.15, 0.2) is 18.2 Å². The van der Waals surface area contributed by atoms with Crippen LogP contribution in [-0.2, 0) is 6.54 Å². The second kappa shape index (κ2) is 6.34. The highest BCUT2D eigenvalue weighted by Crippen LogP contribution is 2.11. The molecule has 0 aromatic heterocycles. The summed E-state index contributed by atoms with van der Waals surface area (Å²) in [7, 11) is 0. The Balaban J connectivity index is 2.51. The number of hydrogen-bond donors (Lipinski definition) is 3. The van der Waals surface area contributed by atoms with Gasteiger partial charge in [-0.05, 0) is 24.4 Å². The Hall–Kier alpha value is -1.27. The van der Waals surface area contributed by atoms with Gasteiger partial charge in [0.1, 0.15) is 11.6 Å². The van der Waals surface area contributed by atoms with Crippen molar-refractivity contribution < 1.29 is 13.9 Å². The Bertz CT molecular complexity index is 354. The van der Waals surface area contributed by atoms with Crippen LogP contribution in [0, 0.1) is 11.6 Å². The maximum atomic E-state index is 13.2. The Labute approximate surface area is 97.5 Å². The van der Waals surface area contributed by atoms with Gasteiger partial charge >= 0.3 is 0 Å². The monoisotopic (exact) mass is 246 g/mol. The van der Waals surface area contributed by atoms with Crippen molar-refractivity contribution in [2.24, 2.45) is 0 Å². The lowest BCUT2D eigenvalue weighted by molar-refractivity contribution is 0.300. The van der Waals surface area contributed by atoms with Crippen molar-refractivity contribution in [3.05, 3.63) is 35.4 Å². The third-order valence-corrected chi connectivity index (χ3v) is 2.17. The molecule has 0 spiro atoms. The van der Waals surface area contributed by atoms with Crippen LogP contribution in [-0.4, -0.2) is 23.4 Å². The molecule has 1 rings (SSSR count). The molecule has 0 atom stereocenters. The number of aliphatic hydroxyl groups is 1. The van der Waals surface area contributed by atoms with Crippen LogP contribution in [0.25, 0.3) is 0 Å². The minimum absolute atomic E-state index is 0.0320. The van der Waals surface area contributed by atoms with E-state index < -0.39 is 11.6 Å². The van der Waals surface area contributed by atoms with Gasteiger partial charge in [-0.2, -0.15) is 0 Å². The van der Waals surface area contributed by atoms with Gasteiger partial charge in [-0.1, -0.05) is 6.07 Å². The standard InChI is InChI=1S/C10H12F2N2OS/c11-8-2-1-3-9(12)7(8)6-14-10(16)13-4-5-15/h1-3,15H,4-6H2,(H2,13,14,16). The van der Waals surface area contributed by atoms with Crippen molar-refractivity contribution in [1.82, 2.24) is 10.6 Å². The first-order valence-electron chi connectivity index (χ1n) is 4.70. The van der Waals surface area contributed by atoms with Crippen LogP contribution in [0.4, 0.5) is 8.78 Å². The molecule has 88 valence electrons. The predicted octanol–water partition coefficient (Wildman–Crippen LogP) is 0.921. The van der Waals surface area contributed by atoms with E-state index in [1.807, 2.05) is 0 Å². The molecule has 0 aliphatic carbocycles. The summed E-state index contributed by atoms with van der Waals surface area (Å²) < 4.78 is 26.3. The normalized spacial score (nSPS) is 9.94. The number of nitrogens with one attached hydrogen (secondary N) is 2. The highest BCUT2D eigenvalue weighted by Gasteiger charge is 2.07. The molecule has 0 radical (unpaired) electrons. The molecule has 0 amide bonds. The zero-order valence-electron chi connectivity index (χ0n) is 8.46. The third-order valence-electron chi connectivity index (χ3n) is 1.88. The Morgan fingerprint density at radius 3 is 2.44 bits per heavy atom. The first-order valence-corrected chi connectivity index (χ1v) is 5.11. The van der Waals surface area contributed by atoms with Gasteiger partial charge in [-0.15, -0.1) is 0 Å². The summed E-state index contributed by atoms with van der Waals surface area (Å²) in [5.41, 5.74) is -0.0596. The van der Waals surface area contributed by atoms with E-state index in [0.29, 0.717) is 6.54 Å². The molecule has 0 unspecified atom stereocenters. The average Bonchev–Trinajstić information content (AvgIpc) is 2.25. The molecule has 0 saturated heterocycles. The van der Waals surface area contributed by atoms with Crippen molar-refractivity contribution in [3.8, 4) is 0 Å². The molecule has 3 nitrogen and oxygen atoms in total. The van der Waals surface area contributed by atoms with Crippen molar-refractivity contribution in [1.29, 1.82) is 0 Å². The largest absolute Gasteiger partial charge is 0.395 e. The molecule has 6 heteroatoms.